The van der Waals surface area contributed by atoms with E-state index in [1.54, 1.807) is 54.7 Å². The Bertz CT molecular complexity index is 1030. The minimum Gasteiger partial charge on any atom is -0.319 e. The number of nitrogens with one attached hydrogen (secondary N) is 1. The van der Waals surface area contributed by atoms with E-state index in [-0.39, 0.29) is 11.6 Å². The number of hydrogen-bond acceptors (Lipinski definition) is 5. The Balaban J connectivity index is 1.82. The van der Waals surface area contributed by atoms with Crippen molar-refractivity contribution in [2.75, 3.05) is 5.32 Å². The number of amides is 1. The minimum absolute atomic E-state index is 0.0240. The number of carbonyl (C=O) groups is 1. The zero-order valence-corrected chi connectivity index (χ0v) is 15.6. The first-order chi connectivity index (χ1) is 12.8. The molecular weight excluding hydrogens is 348 g/mol. The molecule has 2 heterocycles. The summed E-state index contributed by atoms with van der Waals surface area (Å²) in [5, 5.41) is 22.3. The van der Waals surface area contributed by atoms with Crippen LogP contribution in [0, 0.1) is 30.9 Å². The van der Waals surface area contributed by atoms with Crippen LogP contribution in [0.5, 0.6) is 0 Å². The van der Waals surface area contributed by atoms with Gasteiger partial charge in [-0.2, -0.15) is 10.2 Å². The average Bonchev–Trinajstić information content (AvgIpc) is 3.08. The Hall–Kier alpha value is -3.49. The molecule has 9 nitrogen and oxygen atoms in total. The van der Waals surface area contributed by atoms with Crippen molar-refractivity contribution in [3.63, 3.8) is 0 Å². The van der Waals surface area contributed by atoms with Gasteiger partial charge < -0.3 is 5.32 Å². The van der Waals surface area contributed by atoms with Crippen molar-refractivity contribution in [3.05, 3.63) is 68.8 Å². The van der Waals surface area contributed by atoms with Gasteiger partial charge in [-0.15, -0.1) is 0 Å². The normalized spacial score (nSPS) is 10.8. The first-order valence-electron chi connectivity index (χ1n) is 8.35. The molecule has 3 rings (SSSR count). The van der Waals surface area contributed by atoms with E-state index >= 15 is 0 Å². The van der Waals surface area contributed by atoms with Crippen LogP contribution in [-0.2, 0) is 13.6 Å². The van der Waals surface area contributed by atoms with Crippen LogP contribution in [-0.4, -0.2) is 30.4 Å². The van der Waals surface area contributed by atoms with Crippen LogP contribution in [0.2, 0.25) is 0 Å². The van der Waals surface area contributed by atoms with Gasteiger partial charge in [0, 0.05) is 12.6 Å². The van der Waals surface area contributed by atoms with Gasteiger partial charge >= 0.3 is 5.69 Å². The Labute approximate surface area is 155 Å². The van der Waals surface area contributed by atoms with E-state index in [0.717, 1.165) is 11.3 Å². The van der Waals surface area contributed by atoms with Gasteiger partial charge in [0.2, 0.25) is 0 Å². The quantitative estimate of drug-likeness (QED) is 0.550. The van der Waals surface area contributed by atoms with Gasteiger partial charge in [0.1, 0.15) is 11.4 Å². The summed E-state index contributed by atoms with van der Waals surface area (Å²) >= 11 is 0. The fourth-order valence-electron chi connectivity index (χ4n) is 2.91. The molecule has 1 amide bonds. The molecule has 1 aromatic carbocycles. The molecule has 0 spiro atoms. The number of hydrogen-bond donors (Lipinski definition) is 1. The monoisotopic (exact) mass is 368 g/mol. The lowest BCUT2D eigenvalue weighted by Crippen LogP contribution is -2.13. The summed E-state index contributed by atoms with van der Waals surface area (Å²) in [6.45, 7) is 5.49. The summed E-state index contributed by atoms with van der Waals surface area (Å²) in [6.07, 6.45) is 1.60. The third-order valence-corrected chi connectivity index (χ3v) is 4.53. The SMILES string of the molecule is Cc1nn(Cc2cccc(C(=O)Nc3cnn(C)c3C)c2)c(C)c1[N+](=O)[O-]. The van der Waals surface area contributed by atoms with E-state index in [9.17, 15) is 14.9 Å². The Morgan fingerprint density at radius 2 is 2.00 bits per heavy atom. The van der Waals surface area contributed by atoms with Crippen molar-refractivity contribution in [1.29, 1.82) is 0 Å². The van der Waals surface area contributed by atoms with Crippen molar-refractivity contribution in [1.82, 2.24) is 19.6 Å². The zero-order valence-electron chi connectivity index (χ0n) is 15.6. The lowest BCUT2D eigenvalue weighted by Gasteiger charge is -2.08. The Kier molecular flexibility index (Phi) is 4.76. The summed E-state index contributed by atoms with van der Waals surface area (Å²) in [5.41, 5.74) is 3.71. The zero-order chi connectivity index (χ0) is 19.7. The predicted octanol–water partition coefficient (Wildman–Crippen LogP) is 2.75. The topological polar surface area (TPSA) is 108 Å². The molecule has 0 aliphatic rings. The van der Waals surface area contributed by atoms with Crippen molar-refractivity contribution < 1.29 is 9.72 Å². The number of carbonyl (C=O) groups excluding carboxylic acids is 1. The molecule has 0 atom stereocenters. The van der Waals surface area contributed by atoms with Crippen LogP contribution in [0.15, 0.2) is 30.5 Å². The molecule has 1 N–H and O–H groups in total. The molecule has 0 fully saturated rings. The third-order valence-electron chi connectivity index (χ3n) is 4.53. The van der Waals surface area contributed by atoms with Crippen molar-refractivity contribution >= 4 is 17.3 Å². The number of aryl methyl sites for hydroxylation is 2. The summed E-state index contributed by atoms with van der Waals surface area (Å²) in [5.74, 6) is -0.243. The molecule has 0 unspecified atom stereocenters. The first-order valence-corrected chi connectivity index (χ1v) is 8.35. The van der Waals surface area contributed by atoms with Gasteiger partial charge in [0.15, 0.2) is 0 Å². The summed E-state index contributed by atoms with van der Waals surface area (Å²) < 4.78 is 3.26. The number of rotatable bonds is 5. The maximum atomic E-state index is 12.5. The van der Waals surface area contributed by atoms with Crippen LogP contribution < -0.4 is 5.32 Å². The van der Waals surface area contributed by atoms with Gasteiger partial charge in [-0.05, 0) is 38.5 Å². The first kappa shape index (κ1) is 18.3. The highest BCUT2D eigenvalue weighted by Gasteiger charge is 2.21. The highest BCUT2D eigenvalue weighted by molar-refractivity contribution is 6.04. The molecule has 0 aliphatic heterocycles. The number of aromatic nitrogens is 4. The van der Waals surface area contributed by atoms with Crippen LogP contribution in [0.1, 0.15) is 33.0 Å². The largest absolute Gasteiger partial charge is 0.319 e. The van der Waals surface area contributed by atoms with Crippen LogP contribution >= 0.6 is 0 Å². The second-order valence-corrected chi connectivity index (χ2v) is 6.36. The summed E-state index contributed by atoms with van der Waals surface area (Å²) in [7, 11) is 1.80. The molecule has 0 aliphatic carbocycles. The summed E-state index contributed by atoms with van der Waals surface area (Å²) in [6, 6.07) is 7.10. The molecular formula is C18H20N6O3. The Morgan fingerprint density at radius 1 is 1.26 bits per heavy atom. The van der Waals surface area contributed by atoms with E-state index in [1.165, 1.54) is 0 Å². The van der Waals surface area contributed by atoms with Crippen LogP contribution in [0.3, 0.4) is 0 Å². The van der Waals surface area contributed by atoms with Crippen molar-refractivity contribution in [2.24, 2.45) is 7.05 Å². The second kappa shape index (κ2) is 7.02. The van der Waals surface area contributed by atoms with E-state index in [4.69, 9.17) is 0 Å². The number of anilines is 1. The van der Waals surface area contributed by atoms with Gasteiger partial charge in [0.25, 0.3) is 5.91 Å². The molecule has 140 valence electrons. The van der Waals surface area contributed by atoms with E-state index in [1.807, 2.05) is 13.0 Å². The fraction of sp³-hybridized carbons (Fsp3) is 0.278. The predicted molar refractivity (Wildman–Crippen MR) is 99.8 cm³/mol. The van der Waals surface area contributed by atoms with Gasteiger partial charge in [-0.25, -0.2) is 0 Å². The molecule has 0 bridgehead atoms. The average molecular weight is 368 g/mol. The number of nitrogens with zero attached hydrogens (tertiary/aromatic N) is 5. The van der Waals surface area contributed by atoms with Crippen molar-refractivity contribution in [3.8, 4) is 0 Å². The molecule has 9 heteroatoms. The maximum absolute atomic E-state index is 12.5. The molecule has 0 saturated carbocycles. The van der Waals surface area contributed by atoms with Crippen molar-refractivity contribution in [2.45, 2.75) is 27.3 Å². The molecule has 0 radical (unpaired) electrons. The smallest absolute Gasteiger partial charge is 0.312 e. The second-order valence-electron chi connectivity index (χ2n) is 6.36. The van der Waals surface area contributed by atoms with E-state index in [2.05, 4.69) is 15.5 Å². The maximum Gasteiger partial charge on any atom is 0.312 e. The van der Waals surface area contributed by atoms with Gasteiger partial charge in [0.05, 0.1) is 29.0 Å². The highest BCUT2D eigenvalue weighted by atomic mass is 16.6. The molecule has 27 heavy (non-hydrogen) atoms. The fourth-order valence-corrected chi connectivity index (χ4v) is 2.91. The van der Waals surface area contributed by atoms with Crippen LogP contribution in [0.4, 0.5) is 11.4 Å². The molecule has 3 aromatic rings. The summed E-state index contributed by atoms with van der Waals surface area (Å²) in [4.78, 5) is 23.3. The van der Waals surface area contributed by atoms with E-state index in [0.29, 0.717) is 29.2 Å². The van der Waals surface area contributed by atoms with Crippen LogP contribution in [0.25, 0.3) is 0 Å². The lowest BCUT2D eigenvalue weighted by molar-refractivity contribution is -0.386. The Morgan fingerprint density at radius 3 is 2.59 bits per heavy atom. The highest BCUT2D eigenvalue weighted by Crippen LogP contribution is 2.23. The lowest BCUT2D eigenvalue weighted by atomic mass is 10.1. The van der Waals surface area contributed by atoms with E-state index < -0.39 is 4.92 Å². The number of nitro groups is 1. The van der Waals surface area contributed by atoms with Gasteiger partial charge in [-0.1, -0.05) is 12.1 Å². The minimum atomic E-state index is -0.422. The number of benzene rings is 1. The molecule has 2 aromatic heterocycles. The van der Waals surface area contributed by atoms with Gasteiger partial charge in [-0.3, -0.25) is 24.3 Å². The standard InChI is InChI=1S/C18H20N6O3/c1-11-17(24(26)27)13(3)23(21-11)10-14-6-5-7-15(8-14)18(25)20-16-9-19-22(4)12(16)2/h5-9H,10H2,1-4H3,(H,20,25). The molecule has 0 saturated heterocycles. The third kappa shape index (κ3) is 3.57.